The number of furan rings is 1. The molecular weight excluding hydrogens is 334 g/mol. The molecule has 1 saturated heterocycles. The van der Waals surface area contributed by atoms with Gasteiger partial charge in [0.05, 0.1) is 6.10 Å². The van der Waals surface area contributed by atoms with Gasteiger partial charge in [-0.25, -0.2) is 0 Å². The lowest BCUT2D eigenvalue weighted by Crippen LogP contribution is -2.48. The zero-order valence-corrected chi connectivity index (χ0v) is 12.5. The molecule has 6 nitrogen and oxygen atoms in total. The van der Waals surface area contributed by atoms with Crippen molar-refractivity contribution in [3.8, 4) is 0 Å². The Kier molecular flexibility index (Phi) is 5.17. The molecule has 104 valence electrons. The molecule has 2 rings (SSSR count). The van der Waals surface area contributed by atoms with Crippen molar-refractivity contribution >= 4 is 39.2 Å². The Morgan fingerprint density at radius 2 is 2.32 bits per heavy atom. The Labute approximate surface area is 124 Å². The Hall–Kier alpha value is -1.12. The molecule has 3 N–H and O–H groups in total. The average Bonchev–Trinajstić information content (AvgIpc) is 3.04. The van der Waals surface area contributed by atoms with Crippen LogP contribution in [0.15, 0.2) is 21.2 Å². The number of halogens is 1. The van der Waals surface area contributed by atoms with Gasteiger partial charge in [0.1, 0.15) is 0 Å². The number of amides is 1. The van der Waals surface area contributed by atoms with Gasteiger partial charge in [0.25, 0.3) is 0 Å². The van der Waals surface area contributed by atoms with E-state index in [9.17, 15) is 4.79 Å². The van der Waals surface area contributed by atoms with Crippen molar-refractivity contribution in [3.63, 3.8) is 0 Å². The smallest absolute Gasteiger partial charge is 0.305 e. The van der Waals surface area contributed by atoms with E-state index in [0.29, 0.717) is 16.3 Å². The van der Waals surface area contributed by atoms with Crippen LogP contribution in [0, 0.1) is 0 Å². The van der Waals surface area contributed by atoms with Crippen LogP contribution in [0.3, 0.4) is 0 Å². The van der Waals surface area contributed by atoms with Crippen molar-refractivity contribution in [2.75, 3.05) is 13.2 Å². The van der Waals surface area contributed by atoms with Crippen LogP contribution in [0.2, 0.25) is 0 Å². The highest BCUT2D eigenvalue weighted by Crippen LogP contribution is 2.13. The second-order valence-corrected chi connectivity index (χ2v) is 5.22. The lowest BCUT2D eigenvalue weighted by atomic mass is 10.2. The summed E-state index contributed by atoms with van der Waals surface area (Å²) in [6.07, 6.45) is 2.30. The monoisotopic (exact) mass is 347 g/mol. The number of carbonyl (C=O) groups excluding carboxylic acids is 1. The number of hydrazine groups is 1. The molecule has 0 radical (unpaired) electrons. The lowest BCUT2D eigenvalue weighted by molar-refractivity contribution is 0.0914. The molecule has 0 aromatic carbocycles. The van der Waals surface area contributed by atoms with Crippen LogP contribution in [-0.4, -0.2) is 30.3 Å². The molecule has 1 aromatic heterocycles. The zero-order valence-electron chi connectivity index (χ0n) is 10.1. The summed E-state index contributed by atoms with van der Waals surface area (Å²) in [5.41, 5.74) is 5.04. The normalized spacial score (nSPS) is 18.1. The van der Waals surface area contributed by atoms with Gasteiger partial charge in [-0.3, -0.25) is 15.6 Å². The van der Waals surface area contributed by atoms with Crippen molar-refractivity contribution in [2.45, 2.75) is 18.9 Å². The van der Waals surface area contributed by atoms with Gasteiger partial charge >= 0.3 is 5.91 Å². The lowest BCUT2D eigenvalue weighted by Gasteiger charge is -2.13. The summed E-state index contributed by atoms with van der Waals surface area (Å²) in [4.78, 5) is 11.6. The molecule has 1 amide bonds. The van der Waals surface area contributed by atoms with E-state index >= 15 is 0 Å². The number of carbonyl (C=O) groups is 1. The SMILES string of the molecule is O=C(NNC(=S)NCC1CCCO1)c1ccc(Br)o1. The predicted octanol–water partition coefficient (Wildman–Crippen LogP) is 1.33. The fourth-order valence-corrected chi connectivity index (χ4v) is 2.11. The summed E-state index contributed by atoms with van der Waals surface area (Å²) < 4.78 is 11.0. The Bertz CT molecular complexity index is 460. The minimum Gasteiger partial charge on any atom is -0.444 e. The summed E-state index contributed by atoms with van der Waals surface area (Å²) in [5.74, 6) is -0.201. The molecule has 0 saturated carbocycles. The van der Waals surface area contributed by atoms with Crippen molar-refractivity contribution in [2.24, 2.45) is 0 Å². The van der Waals surface area contributed by atoms with E-state index in [1.54, 1.807) is 12.1 Å². The van der Waals surface area contributed by atoms with Crippen LogP contribution in [0.25, 0.3) is 0 Å². The van der Waals surface area contributed by atoms with Gasteiger partial charge in [-0.05, 0) is 53.1 Å². The first-order chi connectivity index (χ1) is 9.15. The molecule has 1 aliphatic heterocycles. The van der Waals surface area contributed by atoms with Gasteiger partial charge < -0.3 is 14.5 Å². The van der Waals surface area contributed by atoms with E-state index < -0.39 is 5.91 Å². The van der Waals surface area contributed by atoms with Crippen molar-refractivity contribution in [1.82, 2.24) is 16.2 Å². The van der Waals surface area contributed by atoms with E-state index in [4.69, 9.17) is 21.4 Å². The summed E-state index contributed by atoms with van der Waals surface area (Å²) in [6, 6.07) is 3.20. The maximum atomic E-state index is 11.6. The van der Waals surface area contributed by atoms with E-state index in [1.807, 2.05) is 0 Å². The minimum atomic E-state index is -0.396. The predicted molar refractivity (Wildman–Crippen MR) is 76.6 cm³/mol. The van der Waals surface area contributed by atoms with E-state index in [2.05, 4.69) is 32.1 Å². The van der Waals surface area contributed by atoms with Crippen LogP contribution in [-0.2, 0) is 4.74 Å². The highest BCUT2D eigenvalue weighted by molar-refractivity contribution is 9.10. The molecule has 19 heavy (non-hydrogen) atoms. The Morgan fingerprint density at radius 3 is 2.95 bits per heavy atom. The summed E-state index contributed by atoms with van der Waals surface area (Å²) in [5, 5.41) is 3.32. The first-order valence-corrected chi connectivity index (χ1v) is 7.06. The number of hydrogen-bond donors (Lipinski definition) is 3. The average molecular weight is 348 g/mol. The van der Waals surface area contributed by atoms with Gasteiger partial charge in [-0.15, -0.1) is 0 Å². The second kappa shape index (κ2) is 6.88. The molecule has 0 bridgehead atoms. The fraction of sp³-hybridized carbons (Fsp3) is 0.455. The fourth-order valence-electron chi connectivity index (χ4n) is 1.67. The summed E-state index contributed by atoms with van der Waals surface area (Å²) in [6.45, 7) is 1.44. The molecule has 1 aliphatic rings. The number of hydrogen-bond acceptors (Lipinski definition) is 4. The number of ether oxygens (including phenoxy) is 1. The largest absolute Gasteiger partial charge is 0.444 e. The molecular formula is C11H14BrN3O3S. The van der Waals surface area contributed by atoms with E-state index in [0.717, 1.165) is 19.4 Å². The van der Waals surface area contributed by atoms with Crippen LogP contribution in [0.1, 0.15) is 23.4 Å². The molecule has 0 spiro atoms. The van der Waals surface area contributed by atoms with Crippen LogP contribution < -0.4 is 16.2 Å². The third-order valence-electron chi connectivity index (χ3n) is 2.60. The van der Waals surface area contributed by atoms with Gasteiger partial charge in [-0.1, -0.05) is 0 Å². The van der Waals surface area contributed by atoms with Crippen LogP contribution >= 0.6 is 28.1 Å². The van der Waals surface area contributed by atoms with Gasteiger partial charge in [0, 0.05) is 13.2 Å². The van der Waals surface area contributed by atoms with Gasteiger partial charge in [0.15, 0.2) is 15.5 Å². The Balaban J connectivity index is 1.66. The maximum absolute atomic E-state index is 11.6. The third-order valence-corrected chi connectivity index (χ3v) is 3.27. The highest BCUT2D eigenvalue weighted by atomic mass is 79.9. The van der Waals surface area contributed by atoms with Crippen molar-refractivity contribution < 1.29 is 13.9 Å². The van der Waals surface area contributed by atoms with Crippen LogP contribution in [0.4, 0.5) is 0 Å². The number of thiocarbonyl (C=S) groups is 1. The molecule has 1 atom stereocenters. The molecule has 1 aromatic rings. The standard InChI is InChI=1S/C11H14BrN3O3S/c12-9-4-3-8(18-9)10(16)14-15-11(19)13-6-7-2-1-5-17-7/h3-4,7H,1-2,5-6H2,(H,14,16)(H2,13,15,19). The van der Waals surface area contributed by atoms with Crippen molar-refractivity contribution in [3.05, 3.63) is 22.6 Å². The maximum Gasteiger partial charge on any atom is 0.305 e. The van der Waals surface area contributed by atoms with E-state index in [-0.39, 0.29) is 11.9 Å². The van der Waals surface area contributed by atoms with E-state index in [1.165, 1.54) is 0 Å². The molecule has 2 heterocycles. The quantitative estimate of drug-likeness (QED) is 0.565. The van der Waals surface area contributed by atoms with Gasteiger partial charge in [-0.2, -0.15) is 0 Å². The molecule has 1 fully saturated rings. The topological polar surface area (TPSA) is 75.5 Å². The molecule has 1 unspecified atom stereocenters. The zero-order chi connectivity index (χ0) is 13.7. The minimum absolute atomic E-state index is 0.191. The first-order valence-electron chi connectivity index (χ1n) is 5.86. The molecule has 0 aliphatic carbocycles. The Morgan fingerprint density at radius 1 is 1.47 bits per heavy atom. The number of nitrogens with one attached hydrogen (secondary N) is 3. The third kappa shape index (κ3) is 4.48. The first kappa shape index (κ1) is 14.3. The summed E-state index contributed by atoms with van der Waals surface area (Å²) in [7, 11) is 0. The van der Waals surface area contributed by atoms with Crippen molar-refractivity contribution in [1.29, 1.82) is 0 Å². The number of rotatable bonds is 3. The van der Waals surface area contributed by atoms with Gasteiger partial charge in [0.2, 0.25) is 0 Å². The van der Waals surface area contributed by atoms with Crippen LogP contribution in [0.5, 0.6) is 0 Å². The summed E-state index contributed by atoms with van der Waals surface area (Å²) >= 11 is 8.15. The second-order valence-electron chi connectivity index (χ2n) is 4.03. The molecule has 8 heteroatoms. The highest BCUT2D eigenvalue weighted by Gasteiger charge is 2.15.